The van der Waals surface area contributed by atoms with Crippen LogP contribution in [0.1, 0.15) is 34.3 Å². The van der Waals surface area contributed by atoms with Crippen molar-refractivity contribution in [2.45, 2.75) is 31.0 Å². The van der Waals surface area contributed by atoms with E-state index in [1.165, 1.54) is 12.0 Å². The van der Waals surface area contributed by atoms with Crippen molar-refractivity contribution < 1.29 is 19.1 Å². The monoisotopic (exact) mass is 551 g/mol. The van der Waals surface area contributed by atoms with E-state index < -0.39 is 17.5 Å². The highest BCUT2D eigenvalue weighted by Crippen LogP contribution is 2.30. The van der Waals surface area contributed by atoms with E-state index in [-0.39, 0.29) is 18.5 Å². The predicted molar refractivity (Wildman–Crippen MR) is 151 cm³/mol. The molecule has 0 spiro atoms. The summed E-state index contributed by atoms with van der Waals surface area (Å²) >= 11 is 0. The number of imide groups is 1. The van der Waals surface area contributed by atoms with Gasteiger partial charge < -0.3 is 25.2 Å². The lowest BCUT2D eigenvalue weighted by Gasteiger charge is -2.35. The number of benzene rings is 1. The maximum Gasteiger partial charge on any atom is 0.323 e. The average Bonchev–Trinajstić information content (AvgIpc) is 3.47. The molecule has 2 fully saturated rings. The number of nitrogens with one attached hydrogen (secondary N) is 3. The van der Waals surface area contributed by atoms with Crippen molar-refractivity contribution in [1.82, 2.24) is 30.8 Å². The Bertz CT molecular complexity index is 1540. The van der Waals surface area contributed by atoms with E-state index in [4.69, 9.17) is 9.72 Å². The molecule has 11 nitrogen and oxygen atoms in total. The number of piperidine rings is 1. The van der Waals surface area contributed by atoms with Gasteiger partial charge in [0.15, 0.2) is 0 Å². The highest BCUT2D eigenvalue weighted by atomic mass is 16.5. The number of rotatable bonds is 6. The third-order valence-electron chi connectivity index (χ3n) is 7.58. The van der Waals surface area contributed by atoms with Gasteiger partial charge in [0.05, 0.1) is 25.5 Å². The molecular formula is C30H29N7O4. The molecule has 5 heterocycles. The minimum Gasteiger partial charge on any atom is -0.497 e. The van der Waals surface area contributed by atoms with Gasteiger partial charge in [-0.25, -0.2) is 9.78 Å². The Kier molecular flexibility index (Phi) is 6.99. The summed E-state index contributed by atoms with van der Waals surface area (Å²) in [6.07, 6.45) is 7.17. The number of hydrogen-bond donors (Lipinski definition) is 3. The molecule has 1 atom stereocenters. The zero-order chi connectivity index (χ0) is 28.4. The molecule has 4 amide bonds. The Hall–Kier alpha value is -4.95. The quantitative estimate of drug-likeness (QED) is 0.313. The normalized spacial score (nSPS) is 20.1. The first-order chi connectivity index (χ1) is 20.0. The first-order valence-corrected chi connectivity index (χ1v) is 13.4. The van der Waals surface area contributed by atoms with E-state index >= 15 is 0 Å². The molecular weight excluding hydrogens is 522 g/mol. The Morgan fingerprint density at radius 2 is 1.98 bits per heavy atom. The van der Waals surface area contributed by atoms with Gasteiger partial charge in [-0.05, 0) is 67.9 Å². The van der Waals surface area contributed by atoms with Gasteiger partial charge in [-0.3, -0.25) is 19.9 Å². The van der Waals surface area contributed by atoms with Crippen molar-refractivity contribution in [3.8, 4) is 17.6 Å². The number of pyridine rings is 2. The number of ether oxygens (including phenoxy) is 1. The molecule has 3 aliphatic heterocycles. The maximum absolute atomic E-state index is 13.2. The summed E-state index contributed by atoms with van der Waals surface area (Å²) in [5.41, 5.74) is 1.25. The van der Waals surface area contributed by atoms with Crippen molar-refractivity contribution in [2.75, 3.05) is 31.6 Å². The molecule has 2 saturated heterocycles. The molecule has 208 valence electrons. The fraction of sp³-hybridized carbons (Fsp3) is 0.300. The lowest BCUT2D eigenvalue weighted by Crippen LogP contribution is -2.54. The van der Waals surface area contributed by atoms with E-state index in [1.807, 2.05) is 36.5 Å². The summed E-state index contributed by atoms with van der Waals surface area (Å²) in [4.78, 5) is 51.0. The lowest BCUT2D eigenvalue weighted by molar-refractivity contribution is -0.122. The third-order valence-corrected chi connectivity index (χ3v) is 7.58. The van der Waals surface area contributed by atoms with Gasteiger partial charge >= 0.3 is 6.03 Å². The van der Waals surface area contributed by atoms with E-state index in [2.05, 4.69) is 37.7 Å². The van der Waals surface area contributed by atoms with Gasteiger partial charge in [0.1, 0.15) is 11.6 Å². The fourth-order valence-corrected chi connectivity index (χ4v) is 5.48. The highest BCUT2D eigenvalue weighted by molar-refractivity contribution is 6.10. The number of aromatic nitrogens is 2. The van der Waals surface area contributed by atoms with Crippen LogP contribution in [0.4, 0.5) is 16.3 Å². The minimum atomic E-state index is -1.60. The van der Waals surface area contributed by atoms with Crippen LogP contribution in [0.5, 0.6) is 5.75 Å². The second kappa shape index (κ2) is 10.9. The van der Waals surface area contributed by atoms with Crippen LogP contribution in [0.3, 0.4) is 0 Å². The van der Waals surface area contributed by atoms with E-state index in [1.54, 1.807) is 24.5 Å². The average molecular weight is 552 g/mol. The van der Waals surface area contributed by atoms with Crippen LogP contribution in [0.25, 0.3) is 0 Å². The van der Waals surface area contributed by atoms with E-state index in [9.17, 15) is 14.4 Å². The van der Waals surface area contributed by atoms with Gasteiger partial charge in [-0.15, -0.1) is 0 Å². The second-order valence-corrected chi connectivity index (χ2v) is 10.2. The van der Waals surface area contributed by atoms with Crippen molar-refractivity contribution >= 4 is 29.4 Å². The molecule has 3 aromatic rings. The van der Waals surface area contributed by atoms with Gasteiger partial charge in [0.25, 0.3) is 11.8 Å². The highest BCUT2D eigenvalue weighted by Gasteiger charge is 2.48. The first-order valence-electron chi connectivity index (χ1n) is 13.4. The molecule has 0 radical (unpaired) electrons. The number of hydrogen-bond acceptors (Lipinski definition) is 8. The van der Waals surface area contributed by atoms with Crippen LogP contribution in [0, 0.1) is 11.8 Å². The fourth-order valence-electron chi connectivity index (χ4n) is 5.48. The molecule has 6 rings (SSSR count). The van der Waals surface area contributed by atoms with Crippen molar-refractivity contribution in [1.29, 1.82) is 0 Å². The Morgan fingerprint density at radius 1 is 1.12 bits per heavy atom. The molecule has 0 aliphatic carbocycles. The van der Waals surface area contributed by atoms with Gasteiger partial charge in [0.2, 0.25) is 5.54 Å². The SMILES string of the molecule is COc1ccc2c(c1)C(=O)N(CC1(C#Cc3ccc(N(c4cccnc4)C4CCNCC4)nc3)NC(=O)NC1=O)C2. The number of amides is 4. The predicted octanol–water partition coefficient (Wildman–Crippen LogP) is 1.96. The second-order valence-electron chi connectivity index (χ2n) is 10.2. The van der Waals surface area contributed by atoms with E-state index in [0.29, 0.717) is 23.4 Å². The van der Waals surface area contributed by atoms with Gasteiger partial charge in [0, 0.05) is 36.1 Å². The third kappa shape index (κ3) is 5.17. The first kappa shape index (κ1) is 26.3. The van der Waals surface area contributed by atoms with Crippen LogP contribution in [-0.4, -0.2) is 71.0 Å². The topological polar surface area (TPSA) is 129 Å². The van der Waals surface area contributed by atoms with Crippen molar-refractivity contribution in [3.05, 3.63) is 77.7 Å². The Balaban J connectivity index is 1.26. The van der Waals surface area contributed by atoms with Crippen LogP contribution < -0.4 is 25.6 Å². The molecule has 2 aromatic heterocycles. The standard InChI is InChI=1S/C30H29N7O4/c1-41-24-6-5-21-18-36(27(38)25(21)15-24)19-30(28(39)34-29(40)35-30)11-8-20-4-7-26(33-16-20)37(22-9-13-31-14-10-22)23-3-2-12-32-17-23/h2-7,12,15-17,22,31H,9-10,13-14,18-19H2,1H3,(H2,34,35,39,40). The van der Waals surface area contributed by atoms with Crippen LogP contribution in [-0.2, 0) is 11.3 Å². The van der Waals surface area contributed by atoms with Crippen LogP contribution in [0.15, 0.2) is 61.1 Å². The largest absolute Gasteiger partial charge is 0.497 e. The molecule has 3 aliphatic rings. The van der Waals surface area contributed by atoms with E-state index in [0.717, 1.165) is 43.0 Å². The summed E-state index contributed by atoms with van der Waals surface area (Å²) in [7, 11) is 1.53. The van der Waals surface area contributed by atoms with Crippen molar-refractivity contribution in [3.63, 3.8) is 0 Å². The van der Waals surface area contributed by atoms with Crippen LogP contribution >= 0.6 is 0 Å². The number of anilines is 2. The molecule has 1 aromatic carbocycles. The maximum atomic E-state index is 13.2. The molecule has 3 N–H and O–H groups in total. The summed E-state index contributed by atoms with van der Waals surface area (Å²) in [6, 6.07) is 12.6. The van der Waals surface area contributed by atoms with Gasteiger partial charge in [-0.2, -0.15) is 0 Å². The zero-order valence-electron chi connectivity index (χ0n) is 22.5. The number of carbonyl (C=O) groups excluding carboxylic acids is 3. The number of nitrogens with zero attached hydrogens (tertiary/aromatic N) is 4. The zero-order valence-corrected chi connectivity index (χ0v) is 22.5. The smallest absolute Gasteiger partial charge is 0.323 e. The Morgan fingerprint density at radius 3 is 2.66 bits per heavy atom. The number of urea groups is 1. The molecule has 1 unspecified atom stereocenters. The summed E-state index contributed by atoms with van der Waals surface area (Å²) in [5.74, 6) is 6.43. The summed E-state index contributed by atoms with van der Waals surface area (Å²) in [6.45, 7) is 2.04. The summed E-state index contributed by atoms with van der Waals surface area (Å²) < 4.78 is 5.25. The number of fused-ring (bicyclic) bond motifs is 1. The Labute approximate surface area is 237 Å². The summed E-state index contributed by atoms with van der Waals surface area (Å²) in [5, 5.41) is 8.31. The van der Waals surface area contributed by atoms with Crippen molar-refractivity contribution in [2.24, 2.45) is 0 Å². The number of carbonyl (C=O) groups is 3. The molecule has 0 bridgehead atoms. The number of methoxy groups -OCH3 is 1. The molecule has 11 heteroatoms. The lowest BCUT2D eigenvalue weighted by atomic mass is 9.99. The molecule has 0 saturated carbocycles. The minimum absolute atomic E-state index is 0.108. The molecule has 41 heavy (non-hydrogen) atoms. The van der Waals surface area contributed by atoms with Crippen LogP contribution in [0.2, 0.25) is 0 Å². The van der Waals surface area contributed by atoms with Gasteiger partial charge in [-0.1, -0.05) is 17.9 Å².